The highest BCUT2D eigenvalue weighted by Crippen LogP contribution is 2.39. The van der Waals surface area contributed by atoms with Crippen LogP contribution in [0.4, 0.5) is 0 Å². The lowest BCUT2D eigenvalue weighted by Gasteiger charge is -2.25. The molecular weight excluding hydrogens is 204 g/mol. The minimum absolute atomic E-state index is 0.371. The Labute approximate surface area is 95.1 Å². The summed E-state index contributed by atoms with van der Waals surface area (Å²) in [5.74, 6) is 0.662. The highest BCUT2D eigenvalue weighted by Gasteiger charge is 2.38. The first-order valence-electron chi connectivity index (χ1n) is 5.57. The van der Waals surface area contributed by atoms with Gasteiger partial charge in [0.15, 0.2) is 12.1 Å². The normalized spacial score (nSPS) is 18.6. The molecule has 1 aromatic heterocycles. The highest BCUT2D eigenvalue weighted by atomic mass is 16.5. The van der Waals surface area contributed by atoms with Gasteiger partial charge in [0.1, 0.15) is 11.3 Å². The minimum atomic E-state index is -0.371. The summed E-state index contributed by atoms with van der Waals surface area (Å²) in [7, 11) is 1.69. The third-order valence-electron chi connectivity index (χ3n) is 3.20. The van der Waals surface area contributed by atoms with Gasteiger partial charge in [-0.15, -0.1) is 0 Å². The van der Waals surface area contributed by atoms with Gasteiger partial charge < -0.3 is 4.74 Å². The number of methoxy groups -OCH3 is 1. The molecule has 0 bridgehead atoms. The van der Waals surface area contributed by atoms with Gasteiger partial charge in [-0.25, -0.2) is 9.97 Å². The van der Waals surface area contributed by atoms with E-state index in [-0.39, 0.29) is 5.60 Å². The molecule has 1 heterocycles. The van der Waals surface area contributed by atoms with Crippen LogP contribution in [0.15, 0.2) is 6.07 Å². The Morgan fingerprint density at radius 1 is 1.38 bits per heavy atom. The van der Waals surface area contributed by atoms with Gasteiger partial charge in [0.25, 0.3) is 0 Å². The Hall–Kier alpha value is -1.29. The maximum Gasteiger partial charge on any atom is 0.168 e. The molecule has 0 spiro atoms. The van der Waals surface area contributed by atoms with E-state index in [2.05, 4.69) is 9.97 Å². The zero-order valence-corrected chi connectivity index (χ0v) is 9.69. The molecule has 0 saturated heterocycles. The maximum absolute atomic E-state index is 10.8. The fraction of sp³-hybridized carbons (Fsp3) is 0.583. The van der Waals surface area contributed by atoms with Crippen molar-refractivity contribution in [3.8, 4) is 0 Å². The van der Waals surface area contributed by atoms with E-state index in [4.69, 9.17) is 4.74 Å². The predicted molar refractivity (Wildman–Crippen MR) is 59.3 cm³/mol. The predicted octanol–water partition coefficient (Wildman–Crippen LogP) is 2.01. The quantitative estimate of drug-likeness (QED) is 0.731. The van der Waals surface area contributed by atoms with Crippen LogP contribution >= 0.6 is 0 Å². The third-order valence-corrected chi connectivity index (χ3v) is 3.20. The lowest BCUT2D eigenvalue weighted by atomic mass is 10.0. The van der Waals surface area contributed by atoms with Crippen molar-refractivity contribution in [2.24, 2.45) is 0 Å². The van der Waals surface area contributed by atoms with Crippen LogP contribution in [0.1, 0.15) is 47.7 Å². The molecule has 4 nitrogen and oxygen atoms in total. The van der Waals surface area contributed by atoms with Crippen LogP contribution in [-0.4, -0.2) is 23.4 Å². The van der Waals surface area contributed by atoms with Gasteiger partial charge in [-0.2, -0.15) is 0 Å². The van der Waals surface area contributed by atoms with Crippen molar-refractivity contribution >= 4 is 6.29 Å². The summed E-state index contributed by atoms with van der Waals surface area (Å²) in [6.45, 7) is 1.87. The van der Waals surface area contributed by atoms with Gasteiger partial charge >= 0.3 is 0 Å². The molecule has 0 N–H and O–H groups in total. The van der Waals surface area contributed by atoms with E-state index in [1.165, 1.54) is 0 Å². The van der Waals surface area contributed by atoms with Crippen LogP contribution in [0.2, 0.25) is 0 Å². The number of carbonyl (C=O) groups excluding carboxylic acids is 1. The molecule has 4 heteroatoms. The second kappa shape index (κ2) is 4.29. The topological polar surface area (TPSA) is 52.1 Å². The third kappa shape index (κ3) is 1.85. The Morgan fingerprint density at radius 2 is 2.06 bits per heavy atom. The van der Waals surface area contributed by atoms with Crippen LogP contribution in [-0.2, 0) is 10.3 Å². The van der Waals surface area contributed by atoms with Crippen molar-refractivity contribution in [3.63, 3.8) is 0 Å². The molecule has 1 aromatic rings. The average Bonchev–Trinajstić information content (AvgIpc) is 2.78. The second-order valence-corrected chi connectivity index (χ2v) is 4.28. The maximum atomic E-state index is 10.8. The largest absolute Gasteiger partial charge is 0.370 e. The number of nitrogens with zero attached hydrogens (tertiary/aromatic N) is 2. The van der Waals surface area contributed by atoms with Crippen LogP contribution in [0.3, 0.4) is 0 Å². The fourth-order valence-electron chi connectivity index (χ4n) is 2.32. The molecule has 1 aliphatic rings. The number of hydrogen-bond donors (Lipinski definition) is 0. The Kier molecular flexibility index (Phi) is 3.01. The van der Waals surface area contributed by atoms with Gasteiger partial charge in [-0.3, -0.25) is 4.79 Å². The first-order valence-corrected chi connectivity index (χ1v) is 5.57. The molecule has 16 heavy (non-hydrogen) atoms. The van der Waals surface area contributed by atoms with Gasteiger partial charge in [0.05, 0.1) is 0 Å². The molecule has 0 unspecified atom stereocenters. The molecule has 0 amide bonds. The monoisotopic (exact) mass is 220 g/mol. The van der Waals surface area contributed by atoms with Crippen molar-refractivity contribution in [3.05, 3.63) is 23.3 Å². The molecule has 0 aromatic carbocycles. The number of carbonyl (C=O) groups is 1. The summed E-state index contributed by atoms with van der Waals surface area (Å²) >= 11 is 0. The van der Waals surface area contributed by atoms with E-state index >= 15 is 0 Å². The molecule has 0 atom stereocenters. The van der Waals surface area contributed by atoms with E-state index in [0.717, 1.165) is 37.7 Å². The fourth-order valence-corrected chi connectivity index (χ4v) is 2.32. The molecule has 1 fully saturated rings. The number of hydrogen-bond acceptors (Lipinski definition) is 4. The standard InChI is InChI=1S/C12H16N2O2/c1-9-7-10(8-15)14-11(13-9)12(16-2)5-3-4-6-12/h7-8H,3-6H2,1-2H3. The van der Waals surface area contributed by atoms with Crippen LogP contribution in [0.25, 0.3) is 0 Å². The second-order valence-electron chi connectivity index (χ2n) is 4.28. The minimum Gasteiger partial charge on any atom is -0.370 e. The molecule has 1 aliphatic carbocycles. The zero-order valence-electron chi connectivity index (χ0n) is 9.69. The lowest BCUT2D eigenvalue weighted by Crippen LogP contribution is -2.28. The van der Waals surface area contributed by atoms with E-state index < -0.39 is 0 Å². The van der Waals surface area contributed by atoms with Crippen LogP contribution < -0.4 is 0 Å². The van der Waals surface area contributed by atoms with Crippen molar-refractivity contribution in [2.75, 3.05) is 7.11 Å². The van der Waals surface area contributed by atoms with Gasteiger partial charge in [-0.1, -0.05) is 0 Å². The van der Waals surface area contributed by atoms with Crippen molar-refractivity contribution in [2.45, 2.75) is 38.2 Å². The number of aromatic nitrogens is 2. The van der Waals surface area contributed by atoms with Crippen molar-refractivity contribution in [1.29, 1.82) is 0 Å². The number of ether oxygens (including phenoxy) is 1. The summed E-state index contributed by atoms with van der Waals surface area (Å²) in [5, 5.41) is 0. The first-order chi connectivity index (χ1) is 7.70. The summed E-state index contributed by atoms with van der Waals surface area (Å²) < 4.78 is 5.60. The first kappa shape index (κ1) is 11.2. The SMILES string of the molecule is COC1(c2nc(C)cc(C=O)n2)CCCC1. The molecule has 1 saturated carbocycles. The molecule has 0 aliphatic heterocycles. The summed E-state index contributed by atoms with van der Waals surface area (Å²) in [6, 6.07) is 1.69. The van der Waals surface area contributed by atoms with E-state index in [0.29, 0.717) is 11.5 Å². The van der Waals surface area contributed by atoms with Crippen LogP contribution in [0.5, 0.6) is 0 Å². The Bertz CT molecular complexity index is 398. The zero-order chi connectivity index (χ0) is 11.6. The molecular formula is C12H16N2O2. The molecule has 86 valence electrons. The summed E-state index contributed by atoms with van der Waals surface area (Å²) in [4.78, 5) is 19.5. The average molecular weight is 220 g/mol. The van der Waals surface area contributed by atoms with Crippen molar-refractivity contribution in [1.82, 2.24) is 9.97 Å². The summed E-state index contributed by atoms with van der Waals surface area (Å²) in [5.41, 5.74) is 0.880. The molecule has 2 rings (SSSR count). The smallest absolute Gasteiger partial charge is 0.168 e. The van der Waals surface area contributed by atoms with Gasteiger partial charge in [-0.05, 0) is 38.7 Å². The Balaban J connectivity index is 2.45. The van der Waals surface area contributed by atoms with Gasteiger partial charge in [0, 0.05) is 12.8 Å². The molecule has 0 radical (unpaired) electrons. The number of aryl methyl sites for hydroxylation is 1. The number of aldehydes is 1. The highest BCUT2D eigenvalue weighted by molar-refractivity contribution is 5.71. The van der Waals surface area contributed by atoms with Gasteiger partial charge in [0.2, 0.25) is 0 Å². The van der Waals surface area contributed by atoms with Crippen LogP contribution in [0, 0.1) is 6.92 Å². The lowest BCUT2D eigenvalue weighted by molar-refractivity contribution is -0.0165. The van der Waals surface area contributed by atoms with E-state index in [9.17, 15) is 4.79 Å². The van der Waals surface area contributed by atoms with Crippen molar-refractivity contribution < 1.29 is 9.53 Å². The van der Waals surface area contributed by atoms with E-state index in [1.54, 1.807) is 13.2 Å². The Morgan fingerprint density at radius 3 is 2.62 bits per heavy atom. The number of rotatable bonds is 3. The summed E-state index contributed by atoms with van der Waals surface area (Å²) in [6.07, 6.45) is 4.89. The van der Waals surface area contributed by atoms with E-state index in [1.807, 2.05) is 6.92 Å².